The fourth-order valence-corrected chi connectivity index (χ4v) is 5.69. The molecule has 0 bridgehead atoms. The number of aromatic nitrogens is 2. The van der Waals surface area contributed by atoms with Gasteiger partial charge in [-0.3, -0.25) is 9.79 Å². The molecule has 7 nitrogen and oxygen atoms in total. The highest BCUT2D eigenvalue weighted by Gasteiger charge is 2.26. The first-order valence-corrected chi connectivity index (χ1v) is 14.1. The number of hydrogen-bond acceptors (Lipinski definition) is 6. The molecule has 2 aliphatic heterocycles. The number of amides is 1. The number of rotatable bonds is 5. The van der Waals surface area contributed by atoms with Crippen molar-refractivity contribution in [3.8, 4) is 11.3 Å². The van der Waals surface area contributed by atoms with E-state index in [4.69, 9.17) is 16.6 Å². The van der Waals surface area contributed by atoms with E-state index in [1.54, 1.807) is 36.5 Å². The lowest BCUT2D eigenvalue weighted by atomic mass is 9.95. The molecule has 1 N–H and O–H groups in total. The van der Waals surface area contributed by atoms with Crippen LogP contribution in [0.5, 0.6) is 0 Å². The molecule has 2 aliphatic rings. The van der Waals surface area contributed by atoms with Crippen LogP contribution in [0, 0.1) is 11.6 Å². The van der Waals surface area contributed by atoms with Gasteiger partial charge in [0.1, 0.15) is 11.6 Å². The number of hydrogen-bond donors (Lipinski definition) is 1. The van der Waals surface area contributed by atoms with Crippen LogP contribution in [0.3, 0.4) is 0 Å². The molecule has 0 atom stereocenters. The third-order valence-corrected chi connectivity index (χ3v) is 8.07. The van der Waals surface area contributed by atoms with E-state index in [1.807, 2.05) is 17.0 Å². The Morgan fingerprint density at radius 3 is 2.37 bits per heavy atom. The lowest BCUT2D eigenvalue weighted by Crippen LogP contribution is -2.44. The van der Waals surface area contributed by atoms with Crippen LogP contribution in [0.2, 0.25) is 5.02 Å². The summed E-state index contributed by atoms with van der Waals surface area (Å²) in [6.45, 7) is 1.62. The van der Waals surface area contributed by atoms with E-state index in [0.29, 0.717) is 50.6 Å². The van der Waals surface area contributed by atoms with E-state index < -0.39 is 11.6 Å². The van der Waals surface area contributed by atoms with Gasteiger partial charge in [0.05, 0.1) is 23.5 Å². The van der Waals surface area contributed by atoms with Crippen LogP contribution in [-0.2, 0) is 6.54 Å². The van der Waals surface area contributed by atoms with E-state index in [0.717, 1.165) is 25.9 Å². The molecule has 1 saturated heterocycles. The number of aliphatic imine (C=N–C) groups is 1. The smallest absolute Gasteiger partial charge is 0.253 e. The van der Waals surface area contributed by atoms with Crippen molar-refractivity contribution in [2.75, 3.05) is 32.5 Å². The molecule has 0 spiro atoms. The molecular formula is C33H33ClF2N6O. The number of halogens is 3. The van der Waals surface area contributed by atoms with Gasteiger partial charge in [0, 0.05) is 58.3 Å². The third-order valence-electron chi connectivity index (χ3n) is 7.83. The summed E-state index contributed by atoms with van der Waals surface area (Å²) in [6, 6.07) is 16.6. The minimum atomic E-state index is -0.709. The van der Waals surface area contributed by atoms with Gasteiger partial charge < -0.3 is 15.1 Å². The number of carbonyl (C=O) groups is 1. The molecular weight excluding hydrogens is 570 g/mol. The van der Waals surface area contributed by atoms with Crippen LogP contribution in [0.4, 0.5) is 20.4 Å². The van der Waals surface area contributed by atoms with E-state index >= 15 is 0 Å². The summed E-state index contributed by atoms with van der Waals surface area (Å²) >= 11 is 6.31. The van der Waals surface area contributed by atoms with Gasteiger partial charge in [0.15, 0.2) is 0 Å². The van der Waals surface area contributed by atoms with Gasteiger partial charge in [0.25, 0.3) is 5.91 Å². The average Bonchev–Trinajstić information content (AvgIpc) is 3.14. The standard InChI is InChI=1S/C32H29ClF2N6O.CH4/c1-40(2)23-12-14-41(15-13-23)31(42)19-6-9-22(10-7-19)38-32-37-18-20-17-36-30(28-26(34)4-3-5-27(28)35)25-16-21(33)8-11-24(25)29(20)39-32;/h3-11,16,18,23H,12-15,17H2,1-2H3,(H,37,38,39);1H4. The predicted octanol–water partition coefficient (Wildman–Crippen LogP) is 6.97. The molecule has 0 saturated carbocycles. The molecule has 1 amide bonds. The summed E-state index contributed by atoms with van der Waals surface area (Å²) in [5.74, 6) is -1.06. The second-order valence-electron chi connectivity index (χ2n) is 10.7. The van der Waals surface area contributed by atoms with E-state index in [-0.39, 0.29) is 31.2 Å². The normalized spacial score (nSPS) is 14.7. The van der Waals surface area contributed by atoms with Crippen molar-refractivity contribution >= 4 is 34.9 Å². The summed E-state index contributed by atoms with van der Waals surface area (Å²) in [4.78, 5) is 31.0. The maximum Gasteiger partial charge on any atom is 0.253 e. The summed E-state index contributed by atoms with van der Waals surface area (Å²) in [5.41, 5.74) is 3.71. The summed E-state index contributed by atoms with van der Waals surface area (Å²) in [5, 5.41) is 3.61. The van der Waals surface area contributed by atoms with E-state index in [2.05, 4.69) is 34.3 Å². The number of nitrogens with zero attached hydrogens (tertiary/aromatic N) is 5. The third kappa shape index (κ3) is 6.14. The number of anilines is 2. The van der Waals surface area contributed by atoms with Gasteiger partial charge in [0.2, 0.25) is 5.95 Å². The fraction of sp³-hybridized carbons (Fsp3) is 0.273. The summed E-state index contributed by atoms with van der Waals surface area (Å²) in [7, 11) is 4.15. The molecule has 4 aromatic rings. The Bertz CT molecular complexity index is 1660. The fourth-order valence-electron chi connectivity index (χ4n) is 5.52. The molecule has 1 fully saturated rings. The van der Waals surface area contributed by atoms with Crippen molar-refractivity contribution in [3.05, 3.63) is 106 Å². The zero-order valence-electron chi connectivity index (χ0n) is 23.2. The van der Waals surface area contributed by atoms with E-state index in [9.17, 15) is 13.6 Å². The van der Waals surface area contributed by atoms with Crippen molar-refractivity contribution in [3.63, 3.8) is 0 Å². The Labute approximate surface area is 255 Å². The van der Waals surface area contributed by atoms with Crippen LogP contribution in [-0.4, -0.2) is 64.6 Å². The Hall–Kier alpha value is -4.21. The number of nitrogens with one attached hydrogen (secondary N) is 1. The number of piperidine rings is 1. The monoisotopic (exact) mass is 602 g/mol. The molecule has 10 heteroatoms. The van der Waals surface area contributed by atoms with Crippen LogP contribution in [0.25, 0.3) is 11.3 Å². The maximum absolute atomic E-state index is 14.8. The molecule has 0 unspecified atom stereocenters. The maximum atomic E-state index is 14.8. The molecule has 1 aromatic heterocycles. The average molecular weight is 603 g/mol. The van der Waals surface area contributed by atoms with Crippen molar-refractivity contribution in [1.29, 1.82) is 0 Å². The first-order valence-electron chi connectivity index (χ1n) is 13.8. The summed E-state index contributed by atoms with van der Waals surface area (Å²) < 4.78 is 29.6. The molecule has 43 heavy (non-hydrogen) atoms. The highest BCUT2D eigenvalue weighted by molar-refractivity contribution is 6.31. The van der Waals surface area contributed by atoms with Crippen LogP contribution in [0.1, 0.15) is 47.3 Å². The highest BCUT2D eigenvalue weighted by Crippen LogP contribution is 2.35. The van der Waals surface area contributed by atoms with E-state index in [1.165, 1.54) is 18.2 Å². The second-order valence-corrected chi connectivity index (χ2v) is 11.1. The number of benzene rings is 3. The highest BCUT2D eigenvalue weighted by atomic mass is 35.5. The van der Waals surface area contributed by atoms with Crippen molar-refractivity contribution in [1.82, 2.24) is 19.8 Å². The molecule has 6 rings (SSSR count). The zero-order chi connectivity index (χ0) is 29.4. The molecule has 3 aromatic carbocycles. The molecule has 222 valence electrons. The molecule has 0 aliphatic carbocycles. The first kappa shape index (κ1) is 30.3. The second kappa shape index (κ2) is 12.6. The molecule has 3 heterocycles. The Morgan fingerprint density at radius 1 is 1.00 bits per heavy atom. The minimum absolute atomic E-state index is 0. The topological polar surface area (TPSA) is 73.7 Å². The SMILES string of the molecule is C.CN(C)C1CCN(C(=O)c2ccc(Nc3ncc4c(n3)-c3ccc(Cl)cc3C(c3c(F)cccc3F)=NC4)cc2)CC1. The van der Waals surface area contributed by atoms with Crippen LogP contribution in [0.15, 0.2) is 71.9 Å². The quantitative estimate of drug-likeness (QED) is 0.267. The first-order chi connectivity index (χ1) is 20.3. The summed E-state index contributed by atoms with van der Waals surface area (Å²) in [6.07, 6.45) is 3.58. The van der Waals surface area contributed by atoms with Crippen LogP contribution < -0.4 is 5.32 Å². The van der Waals surface area contributed by atoms with Gasteiger partial charge in [-0.1, -0.05) is 31.2 Å². The van der Waals surface area contributed by atoms with Crippen molar-refractivity contribution in [2.45, 2.75) is 32.9 Å². The molecule has 0 radical (unpaired) electrons. The van der Waals surface area contributed by atoms with Gasteiger partial charge in [-0.05, 0) is 75.5 Å². The number of likely N-dealkylation sites (tertiary alicyclic amines) is 1. The predicted molar refractivity (Wildman–Crippen MR) is 167 cm³/mol. The lowest BCUT2D eigenvalue weighted by molar-refractivity contribution is 0.0663. The Balaban J connectivity index is 0.00000368. The Morgan fingerprint density at radius 2 is 1.70 bits per heavy atom. The van der Waals surface area contributed by atoms with Gasteiger partial charge in [-0.2, -0.15) is 0 Å². The van der Waals surface area contributed by atoms with Gasteiger partial charge in [-0.15, -0.1) is 0 Å². The largest absolute Gasteiger partial charge is 0.339 e. The van der Waals surface area contributed by atoms with Gasteiger partial charge in [-0.25, -0.2) is 18.7 Å². The number of fused-ring (bicyclic) bond motifs is 3. The number of carbonyl (C=O) groups excluding carboxylic acids is 1. The minimum Gasteiger partial charge on any atom is -0.339 e. The Kier molecular flexibility index (Phi) is 8.84. The van der Waals surface area contributed by atoms with Crippen molar-refractivity contribution < 1.29 is 13.6 Å². The lowest BCUT2D eigenvalue weighted by Gasteiger charge is -2.35. The van der Waals surface area contributed by atoms with Gasteiger partial charge >= 0.3 is 0 Å². The zero-order valence-corrected chi connectivity index (χ0v) is 24.0. The van der Waals surface area contributed by atoms with Crippen LogP contribution >= 0.6 is 11.6 Å². The van der Waals surface area contributed by atoms with Crippen molar-refractivity contribution in [2.24, 2.45) is 4.99 Å².